The summed E-state index contributed by atoms with van der Waals surface area (Å²) in [6.07, 6.45) is 2.65. The van der Waals surface area contributed by atoms with Gasteiger partial charge in [0.1, 0.15) is 0 Å². The number of nitrogens with zero attached hydrogens (tertiary/aromatic N) is 3. The third-order valence-corrected chi connectivity index (χ3v) is 3.90. The molecule has 120 valence electrons. The Bertz CT molecular complexity index is 673. The van der Waals surface area contributed by atoms with E-state index in [4.69, 9.17) is 4.98 Å². The molecule has 22 heavy (non-hydrogen) atoms. The number of nitrogens with one attached hydrogen (secondary N) is 1. The molecule has 0 aliphatic rings. The molecule has 2 heterocycles. The van der Waals surface area contributed by atoms with Crippen molar-refractivity contribution < 1.29 is 4.79 Å². The average molecular weight is 302 g/mol. The first-order valence-electron chi connectivity index (χ1n) is 8.04. The second-order valence-corrected chi connectivity index (χ2v) is 6.45. The normalized spacial score (nSPS) is 13.1. The van der Waals surface area contributed by atoms with E-state index in [1.54, 1.807) is 6.20 Å². The van der Waals surface area contributed by atoms with Crippen LogP contribution in [0.3, 0.4) is 0 Å². The van der Waals surface area contributed by atoms with Gasteiger partial charge in [0.2, 0.25) is 0 Å². The van der Waals surface area contributed by atoms with Gasteiger partial charge in [-0.05, 0) is 39.2 Å². The van der Waals surface area contributed by atoms with E-state index in [1.165, 1.54) is 0 Å². The monoisotopic (exact) mass is 302 g/mol. The number of fused-ring (bicyclic) bond motifs is 1. The van der Waals surface area contributed by atoms with Crippen LogP contribution in [0.2, 0.25) is 0 Å². The Morgan fingerprint density at radius 1 is 1.27 bits per heavy atom. The molecule has 0 aliphatic carbocycles. The Morgan fingerprint density at radius 3 is 2.50 bits per heavy atom. The fourth-order valence-electron chi connectivity index (χ4n) is 2.30. The van der Waals surface area contributed by atoms with Crippen LogP contribution in [-0.4, -0.2) is 26.7 Å². The molecular formula is C17H26N4O. The van der Waals surface area contributed by atoms with Crippen LogP contribution < -0.4 is 5.32 Å². The first-order valence-corrected chi connectivity index (χ1v) is 8.04. The Balaban J connectivity index is 2.59. The Hall–Kier alpha value is -1.91. The van der Waals surface area contributed by atoms with Crippen molar-refractivity contribution >= 4 is 16.9 Å². The van der Waals surface area contributed by atoms with E-state index in [0.29, 0.717) is 5.56 Å². The third kappa shape index (κ3) is 3.13. The van der Waals surface area contributed by atoms with Crippen molar-refractivity contribution in [3.8, 4) is 0 Å². The fourth-order valence-corrected chi connectivity index (χ4v) is 2.30. The molecule has 0 saturated heterocycles. The summed E-state index contributed by atoms with van der Waals surface area (Å²) in [5.74, 6) is 0.210. The molecule has 2 aromatic heterocycles. The van der Waals surface area contributed by atoms with Gasteiger partial charge in [-0.1, -0.05) is 20.8 Å². The number of carbonyl (C=O) groups is 1. The zero-order valence-electron chi connectivity index (χ0n) is 14.3. The zero-order valence-corrected chi connectivity index (χ0v) is 14.3. The molecule has 2 aromatic rings. The molecule has 0 aliphatic heterocycles. The van der Waals surface area contributed by atoms with Gasteiger partial charge in [-0.25, -0.2) is 9.67 Å². The van der Waals surface area contributed by atoms with Gasteiger partial charge in [0.15, 0.2) is 5.65 Å². The molecule has 0 spiro atoms. The number of pyridine rings is 1. The maximum absolute atomic E-state index is 12.6. The average Bonchev–Trinajstić information content (AvgIpc) is 2.89. The molecule has 0 bridgehead atoms. The summed E-state index contributed by atoms with van der Waals surface area (Å²) in [6.45, 7) is 12.4. The van der Waals surface area contributed by atoms with Gasteiger partial charge >= 0.3 is 0 Å². The van der Waals surface area contributed by atoms with Crippen molar-refractivity contribution in [2.24, 2.45) is 0 Å². The predicted molar refractivity (Wildman–Crippen MR) is 89.2 cm³/mol. The van der Waals surface area contributed by atoms with Gasteiger partial charge in [-0.2, -0.15) is 5.10 Å². The van der Waals surface area contributed by atoms with Gasteiger partial charge in [0, 0.05) is 17.8 Å². The second kappa shape index (κ2) is 6.46. The van der Waals surface area contributed by atoms with Crippen LogP contribution in [0.5, 0.6) is 0 Å². The molecule has 0 aromatic carbocycles. The zero-order chi connectivity index (χ0) is 16.4. The molecule has 0 unspecified atom stereocenters. The molecular weight excluding hydrogens is 276 g/mol. The summed E-state index contributed by atoms with van der Waals surface area (Å²) >= 11 is 0. The number of aromatic nitrogens is 3. The highest BCUT2D eigenvalue weighted by Crippen LogP contribution is 2.24. The summed E-state index contributed by atoms with van der Waals surface area (Å²) in [5.41, 5.74) is 2.38. The summed E-state index contributed by atoms with van der Waals surface area (Å²) in [5, 5.41) is 8.27. The minimum absolute atomic E-state index is 0.0491. The Morgan fingerprint density at radius 2 is 1.95 bits per heavy atom. The first-order chi connectivity index (χ1) is 10.3. The van der Waals surface area contributed by atoms with Crippen LogP contribution in [-0.2, 0) is 0 Å². The van der Waals surface area contributed by atoms with Crippen LogP contribution in [0, 0.1) is 0 Å². The van der Waals surface area contributed by atoms with E-state index >= 15 is 0 Å². The molecule has 1 N–H and O–H groups in total. The van der Waals surface area contributed by atoms with Crippen LogP contribution in [0.4, 0.5) is 0 Å². The van der Waals surface area contributed by atoms with Crippen molar-refractivity contribution in [3.05, 3.63) is 23.5 Å². The molecule has 1 atom stereocenters. The lowest BCUT2D eigenvalue weighted by atomic mass is 10.0. The van der Waals surface area contributed by atoms with E-state index in [2.05, 4.69) is 45.0 Å². The van der Waals surface area contributed by atoms with Crippen molar-refractivity contribution in [2.75, 3.05) is 0 Å². The molecule has 1 amide bonds. The SMILES string of the molecule is CC[C@@H](C)NC(=O)c1cc(C(C)C)nc2c1cnn2C(C)C. The van der Waals surface area contributed by atoms with Crippen molar-refractivity contribution in [1.82, 2.24) is 20.1 Å². The lowest BCUT2D eigenvalue weighted by molar-refractivity contribution is 0.0941. The molecule has 0 fully saturated rings. The van der Waals surface area contributed by atoms with Crippen LogP contribution in [0.1, 0.15) is 76.0 Å². The van der Waals surface area contributed by atoms with Gasteiger partial charge in [-0.3, -0.25) is 4.79 Å². The minimum Gasteiger partial charge on any atom is -0.350 e. The van der Waals surface area contributed by atoms with Crippen LogP contribution in [0.25, 0.3) is 11.0 Å². The fraction of sp³-hybridized carbons (Fsp3) is 0.588. The number of hydrogen-bond acceptors (Lipinski definition) is 3. The van der Waals surface area contributed by atoms with E-state index in [-0.39, 0.29) is 23.9 Å². The third-order valence-electron chi connectivity index (χ3n) is 3.90. The summed E-state index contributed by atoms with van der Waals surface area (Å²) in [7, 11) is 0. The van der Waals surface area contributed by atoms with E-state index in [1.807, 2.05) is 17.7 Å². The van der Waals surface area contributed by atoms with Crippen molar-refractivity contribution in [1.29, 1.82) is 0 Å². The highest BCUT2D eigenvalue weighted by molar-refractivity contribution is 6.05. The lowest BCUT2D eigenvalue weighted by Crippen LogP contribution is -2.32. The maximum Gasteiger partial charge on any atom is 0.252 e. The molecule has 2 rings (SSSR count). The van der Waals surface area contributed by atoms with Gasteiger partial charge in [0.25, 0.3) is 5.91 Å². The highest BCUT2D eigenvalue weighted by atomic mass is 16.1. The maximum atomic E-state index is 12.6. The largest absolute Gasteiger partial charge is 0.350 e. The van der Waals surface area contributed by atoms with E-state index < -0.39 is 0 Å². The highest BCUT2D eigenvalue weighted by Gasteiger charge is 2.19. The summed E-state index contributed by atoms with van der Waals surface area (Å²) in [4.78, 5) is 17.3. The first kappa shape index (κ1) is 16.5. The summed E-state index contributed by atoms with van der Waals surface area (Å²) in [6, 6.07) is 2.26. The van der Waals surface area contributed by atoms with Gasteiger partial charge in [0.05, 0.1) is 17.1 Å². The molecule has 5 nitrogen and oxygen atoms in total. The van der Waals surface area contributed by atoms with E-state index in [0.717, 1.165) is 23.1 Å². The van der Waals surface area contributed by atoms with E-state index in [9.17, 15) is 4.79 Å². The van der Waals surface area contributed by atoms with Crippen molar-refractivity contribution in [2.45, 2.75) is 66.0 Å². The predicted octanol–water partition coefficient (Wildman–Crippen LogP) is 3.66. The van der Waals surface area contributed by atoms with Crippen LogP contribution in [0.15, 0.2) is 12.3 Å². The molecule has 0 radical (unpaired) electrons. The van der Waals surface area contributed by atoms with Gasteiger partial charge < -0.3 is 5.32 Å². The number of rotatable bonds is 5. The molecule has 0 saturated carbocycles. The van der Waals surface area contributed by atoms with Crippen molar-refractivity contribution in [3.63, 3.8) is 0 Å². The quantitative estimate of drug-likeness (QED) is 0.917. The topological polar surface area (TPSA) is 59.8 Å². The van der Waals surface area contributed by atoms with Gasteiger partial charge in [-0.15, -0.1) is 0 Å². The Kier molecular flexibility index (Phi) is 4.84. The summed E-state index contributed by atoms with van der Waals surface area (Å²) < 4.78 is 1.88. The molecule has 5 heteroatoms. The Labute approximate surface area is 132 Å². The number of amides is 1. The number of hydrogen-bond donors (Lipinski definition) is 1. The van der Waals surface area contributed by atoms with Crippen LogP contribution >= 0.6 is 0 Å². The standard InChI is InChI=1S/C17H26N4O/c1-7-12(6)19-17(22)13-8-15(10(2)3)20-16-14(13)9-18-21(16)11(4)5/h8-12H,7H2,1-6H3,(H,19,22)/t12-/m1/s1. The minimum atomic E-state index is -0.0491. The number of carbonyl (C=O) groups excluding carboxylic acids is 1. The smallest absolute Gasteiger partial charge is 0.252 e. The second-order valence-electron chi connectivity index (χ2n) is 6.45. The lowest BCUT2D eigenvalue weighted by Gasteiger charge is -2.14.